The molecule has 1 fully saturated rings. The van der Waals surface area contributed by atoms with E-state index in [2.05, 4.69) is 0 Å². The molecule has 46 heavy (non-hydrogen) atoms. The van der Waals surface area contributed by atoms with Crippen molar-refractivity contribution in [2.24, 2.45) is 0 Å². The molecule has 0 radical (unpaired) electrons. The first-order valence-electron chi connectivity index (χ1n) is 15.2. The van der Waals surface area contributed by atoms with Crippen molar-refractivity contribution in [3.8, 4) is 17.2 Å². The molecular weight excluding hydrogens is 627 g/mol. The van der Waals surface area contributed by atoms with Crippen LogP contribution in [0.3, 0.4) is 0 Å². The fourth-order valence-electron chi connectivity index (χ4n) is 5.05. The van der Waals surface area contributed by atoms with Gasteiger partial charge in [0.05, 0.1) is 18.2 Å². The monoisotopic (exact) mass is 665 g/mol. The summed E-state index contributed by atoms with van der Waals surface area (Å²) >= 11 is 1.43. The Hall–Kier alpha value is -3.89. The summed E-state index contributed by atoms with van der Waals surface area (Å²) in [4.78, 5) is 27.0. The molecular formula is C34H39N3O7S2. The van der Waals surface area contributed by atoms with E-state index in [9.17, 15) is 23.1 Å². The van der Waals surface area contributed by atoms with E-state index in [0.717, 1.165) is 41.5 Å². The normalized spacial score (nSPS) is 15.6. The van der Waals surface area contributed by atoms with Crippen LogP contribution in [0.1, 0.15) is 60.7 Å². The Morgan fingerprint density at radius 3 is 2.43 bits per heavy atom. The van der Waals surface area contributed by atoms with Crippen LogP contribution in [-0.4, -0.2) is 67.4 Å². The average molecular weight is 666 g/mol. The average Bonchev–Trinajstić information content (AvgIpc) is 3.03. The molecule has 3 aromatic carbocycles. The van der Waals surface area contributed by atoms with Gasteiger partial charge in [-0.05, 0) is 60.1 Å². The fourth-order valence-corrected chi connectivity index (χ4v) is 6.67. The zero-order valence-corrected chi connectivity index (χ0v) is 27.6. The van der Waals surface area contributed by atoms with E-state index in [-0.39, 0.29) is 30.2 Å². The number of rotatable bonds is 14. The molecule has 10 nitrogen and oxygen atoms in total. The Morgan fingerprint density at radius 2 is 1.80 bits per heavy atom. The highest BCUT2D eigenvalue weighted by Crippen LogP contribution is 2.32. The lowest BCUT2D eigenvalue weighted by Gasteiger charge is -2.31. The number of nitriles is 1. The van der Waals surface area contributed by atoms with Crippen LogP contribution in [0.5, 0.6) is 0 Å². The molecule has 0 aliphatic carbocycles. The smallest absolute Gasteiger partial charge is 0.407 e. The van der Waals surface area contributed by atoms with E-state index in [1.54, 1.807) is 18.2 Å². The molecule has 2 amide bonds. The summed E-state index contributed by atoms with van der Waals surface area (Å²) < 4.78 is 38.0. The van der Waals surface area contributed by atoms with Crippen LogP contribution in [0.25, 0.3) is 11.1 Å². The van der Waals surface area contributed by atoms with Gasteiger partial charge in [0.25, 0.3) is 5.91 Å². The predicted octanol–water partition coefficient (Wildman–Crippen LogP) is 6.24. The maximum atomic E-state index is 12.8. The van der Waals surface area contributed by atoms with Crippen molar-refractivity contribution < 1.29 is 32.6 Å². The van der Waals surface area contributed by atoms with Crippen LogP contribution in [0.4, 0.5) is 4.79 Å². The maximum Gasteiger partial charge on any atom is 0.407 e. The van der Waals surface area contributed by atoms with E-state index in [1.165, 1.54) is 16.7 Å². The second kappa shape index (κ2) is 16.6. The van der Waals surface area contributed by atoms with Gasteiger partial charge in [0.1, 0.15) is 6.10 Å². The highest BCUT2D eigenvalue weighted by molar-refractivity contribution is 8.00. The number of hydrogen-bond donors (Lipinski definition) is 2. The first-order valence-corrected chi connectivity index (χ1v) is 17.7. The Kier molecular flexibility index (Phi) is 12.6. The summed E-state index contributed by atoms with van der Waals surface area (Å²) in [5.74, 6) is -1.59. The lowest BCUT2D eigenvalue weighted by molar-refractivity contribution is -0.192. The fraction of sp³-hybridized carbons (Fsp3) is 0.382. The number of benzene rings is 3. The molecule has 1 heterocycles. The highest BCUT2D eigenvalue weighted by atomic mass is 32.2. The molecule has 1 saturated heterocycles. The van der Waals surface area contributed by atoms with Crippen molar-refractivity contribution in [3.63, 3.8) is 0 Å². The van der Waals surface area contributed by atoms with E-state index in [1.807, 2.05) is 79.2 Å². The van der Waals surface area contributed by atoms with Gasteiger partial charge in [-0.2, -0.15) is 5.26 Å². The molecule has 1 aliphatic rings. The lowest BCUT2D eigenvalue weighted by atomic mass is 10.0. The molecule has 3 aromatic rings. The van der Waals surface area contributed by atoms with Crippen molar-refractivity contribution >= 4 is 33.8 Å². The SMILES string of the molecule is CC(C)Sc1cc(-c2ccc(CCN(C[C@@H](OC3CCCCO3)c3ccccc3)C(=O)O)cc2)ccc1C(=O)NS(=O)(=O)CC#N. The molecule has 0 bridgehead atoms. The largest absolute Gasteiger partial charge is 0.465 e. The number of nitrogens with one attached hydrogen (secondary N) is 1. The molecule has 244 valence electrons. The lowest BCUT2D eigenvalue weighted by Crippen LogP contribution is -2.37. The van der Waals surface area contributed by atoms with Gasteiger partial charge in [-0.15, -0.1) is 11.8 Å². The van der Waals surface area contributed by atoms with Gasteiger partial charge < -0.3 is 19.5 Å². The predicted molar refractivity (Wildman–Crippen MR) is 177 cm³/mol. The van der Waals surface area contributed by atoms with Crippen LogP contribution in [0.2, 0.25) is 0 Å². The third kappa shape index (κ3) is 10.3. The van der Waals surface area contributed by atoms with Gasteiger partial charge in [-0.25, -0.2) is 17.9 Å². The third-order valence-electron chi connectivity index (χ3n) is 7.33. The highest BCUT2D eigenvalue weighted by Gasteiger charge is 2.25. The quantitative estimate of drug-likeness (QED) is 0.191. The minimum absolute atomic E-state index is 0.124. The Morgan fingerprint density at radius 1 is 1.09 bits per heavy atom. The van der Waals surface area contributed by atoms with Crippen LogP contribution < -0.4 is 4.72 Å². The zero-order valence-electron chi connectivity index (χ0n) is 25.9. The van der Waals surface area contributed by atoms with Gasteiger partial charge in [0, 0.05) is 23.3 Å². The summed E-state index contributed by atoms with van der Waals surface area (Å²) in [7, 11) is -4.06. The molecule has 1 aliphatic heterocycles. The van der Waals surface area contributed by atoms with Gasteiger partial charge in [0.15, 0.2) is 12.0 Å². The topological polar surface area (TPSA) is 146 Å². The molecule has 4 rings (SSSR count). The number of amides is 2. The molecule has 1 unspecified atom stereocenters. The summed E-state index contributed by atoms with van der Waals surface area (Å²) in [5, 5.41) is 18.9. The number of carbonyl (C=O) groups is 2. The van der Waals surface area contributed by atoms with Crippen molar-refractivity contribution in [3.05, 3.63) is 89.5 Å². The van der Waals surface area contributed by atoms with E-state index in [4.69, 9.17) is 14.7 Å². The molecule has 2 atom stereocenters. The minimum Gasteiger partial charge on any atom is -0.465 e. The number of carboxylic acid groups (broad SMARTS) is 1. The number of sulfonamides is 1. The summed E-state index contributed by atoms with van der Waals surface area (Å²) in [6.45, 7) is 5.03. The second-order valence-electron chi connectivity index (χ2n) is 11.2. The van der Waals surface area contributed by atoms with Gasteiger partial charge >= 0.3 is 6.09 Å². The Balaban J connectivity index is 1.45. The van der Waals surface area contributed by atoms with Crippen molar-refractivity contribution in [1.29, 1.82) is 5.26 Å². The first kappa shape index (κ1) is 35.0. The summed E-state index contributed by atoms with van der Waals surface area (Å²) in [6.07, 6.45) is 1.44. The van der Waals surface area contributed by atoms with E-state index in [0.29, 0.717) is 17.9 Å². The van der Waals surface area contributed by atoms with Crippen LogP contribution in [0, 0.1) is 11.3 Å². The van der Waals surface area contributed by atoms with Crippen LogP contribution >= 0.6 is 11.8 Å². The Labute approximate surface area is 274 Å². The zero-order chi connectivity index (χ0) is 33.1. The minimum atomic E-state index is -4.06. The third-order valence-corrected chi connectivity index (χ3v) is 9.40. The van der Waals surface area contributed by atoms with Crippen LogP contribution in [0.15, 0.2) is 77.7 Å². The summed E-state index contributed by atoms with van der Waals surface area (Å²) in [5.41, 5.74) is 3.79. The summed E-state index contributed by atoms with van der Waals surface area (Å²) in [6, 6.07) is 24.1. The molecule has 0 saturated carbocycles. The van der Waals surface area contributed by atoms with Crippen molar-refractivity contribution in [2.45, 2.75) is 62.1 Å². The number of carbonyl (C=O) groups excluding carboxylic acids is 1. The molecule has 12 heteroatoms. The molecule has 0 spiro atoms. The molecule has 0 aromatic heterocycles. The van der Waals surface area contributed by atoms with Crippen molar-refractivity contribution in [1.82, 2.24) is 9.62 Å². The number of hydrogen-bond acceptors (Lipinski definition) is 8. The van der Waals surface area contributed by atoms with Crippen molar-refractivity contribution in [2.75, 3.05) is 25.4 Å². The Bertz CT molecular complexity index is 1620. The second-order valence-corrected chi connectivity index (χ2v) is 14.6. The maximum absolute atomic E-state index is 12.8. The van der Waals surface area contributed by atoms with Gasteiger partial charge in [-0.1, -0.05) is 74.5 Å². The van der Waals surface area contributed by atoms with Gasteiger partial charge in [-0.3, -0.25) is 4.79 Å². The number of ether oxygens (including phenoxy) is 2. The van der Waals surface area contributed by atoms with Gasteiger partial charge in [0.2, 0.25) is 10.0 Å². The number of thioether (sulfide) groups is 1. The molecule has 2 N–H and O–H groups in total. The van der Waals surface area contributed by atoms with E-state index >= 15 is 0 Å². The van der Waals surface area contributed by atoms with E-state index < -0.39 is 33.9 Å². The first-order chi connectivity index (χ1) is 22.0. The van der Waals surface area contributed by atoms with Crippen LogP contribution in [-0.2, 0) is 25.9 Å². The number of nitrogens with zero attached hydrogens (tertiary/aromatic N) is 2. The standard InChI is InChI=1S/C34H39N3O7S2/c1-24(2)45-31-22-28(15-16-29(31)33(38)36-46(41,42)21-18-35)26-13-11-25(12-14-26)17-19-37(34(39)40)23-30(27-8-4-3-5-9-27)44-32-10-6-7-20-43-32/h3-5,8-9,11-16,22,24,30,32H,6-7,10,17,19-21,23H2,1-2H3,(H,36,38)(H,39,40)/t30-,32?/m1/s1.